The summed E-state index contributed by atoms with van der Waals surface area (Å²) in [5, 5.41) is 6.75. The second-order valence-electron chi connectivity index (χ2n) is 2.97. The highest BCUT2D eigenvalue weighted by Gasteiger charge is 2.12. The number of furan rings is 1. The molecule has 0 amide bonds. The van der Waals surface area contributed by atoms with E-state index >= 15 is 0 Å². The van der Waals surface area contributed by atoms with Gasteiger partial charge in [-0.15, -0.1) is 0 Å². The van der Waals surface area contributed by atoms with Crippen molar-refractivity contribution in [2.45, 2.75) is 13.5 Å². The number of rotatable bonds is 3. The molecule has 0 unspecified atom stereocenters. The summed E-state index contributed by atoms with van der Waals surface area (Å²) in [6.45, 7) is 2.50. The van der Waals surface area contributed by atoms with Gasteiger partial charge >= 0.3 is 0 Å². The van der Waals surface area contributed by atoms with Crippen LogP contribution in [0.15, 0.2) is 21.3 Å². The minimum atomic E-state index is 0.498. The molecule has 0 aliphatic heterocycles. The maximum atomic E-state index is 5.24. The van der Waals surface area contributed by atoms with Crippen molar-refractivity contribution in [3.63, 3.8) is 0 Å². The monoisotopic (exact) mass is 193 g/mol. The Hall–Kier alpha value is -1.62. The van der Waals surface area contributed by atoms with Crippen molar-refractivity contribution in [2.24, 2.45) is 0 Å². The molecule has 0 aliphatic rings. The highest BCUT2D eigenvalue weighted by molar-refractivity contribution is 5.50. The average Bonchev–Trinajstić information content (AvgIpc) is 2.74. The molecule has 2 heterocycles. The fourth-order valence-electron chi connectivity index (χ4n) is 1.17. The van der Waals surface area contributed by atoms with E-state index in [2.05, 4.69) is 15.5 Å². The third-order valence-corrected chi connectivity index (χ3v) is 1.86. The van der Waals surface area contributed by atoms with Gasteiger partial charge in [0.2, 0.25) is 11.7 Å². The lowest BCUT2D eigenvalue weighted by Gasteiger charge is -1.88. The molecule has 5 heteroatoms. The molecule has 1 N–H and O–H groups in total. The number of hydrogen-bond donors (Lipinski definition) is 1. The molecule has 2 rings (SSSR count). The summed E-state index contributed by atoms with van der Waals surface area (Å²) in [6, 6.07) is 1.86. The predicted octanol–water partition coefficient (Wildman–Crippen LogP) is 1.36. The van der Waals surface area contributed by atoms with Crippen molar-refractivity contribution < 1.29 is 8.94 Å². The van der Waals surface area contributed by atoms with Gasteiger partial charge in [-0.2, -0.15) is 4.98 Å². The highest BCUT2D eigenvalue weighted by atomic mass is 16.5. The van der Waals surface area contributed by atoms with E-state index < -0.39 is 0 Å². The van der Waals surface area contributed by atoms with Crippen LogP contribution in [-0.4, -0.2) is 17.2 Å². The summed E-state index contributed by atoms with van der Waals surface area (Å²) in [7, 11) is 1.82. The number of nitrogens with one attached hydrogen (secondary N) is 1. The van der Waals surface area contributed by atoms with Crippen LogP contribution < -0.4 is 5.32 Å². The molecule has 0 spiro atoms. The molecule has 0 fully saturated rings. The second kappa shape index (κ2) is 3.63. The van der Waals surface area contributed by atoms with Gasteiger partial charge in [-0.25, -0.2) is 0 Å². The van der Waals surface area contributed by atoms with Gasteiger partial charge in [0.05, 0.1) is 12.8 Å². The Kier molecular flexibility index (Phi) is 2.32. The van der Waals surface area contributed by atoms with Gasteiger partial charge in [0.15, 0.2) is 5.76 Å². The van der Waals surface area contributed by atoms with Crippen LogP contribution in [0.25, 0.3) is 11.6 Å². The molecule has 0 saturated carbocycles. The maximum Gasteiger partial charge on any atom is 0.241 e. The van der Waals surface area contributed by atoms with Crippen LogP contribution in [0.1, 0.15) is 11.5 Å². The van der Waals surface area contributed by atoms with Crippen LogP contribution in [0, 0.1) is 6.92 Å². The zero-order valence-corrected chi connectivity index (χ0v) is 8.07. The minimum absolute atomic E-state index is 0.498. The molecular formula is C9H11N3O2. The van der Waals surface area contributed by atoms with Crippen molar-refractivity contribution in [2.75, 3.05) is 7.05 Å². The number of aromatic nitrogens is 2. The zero-order valence-electron chi connectivity index (χ0n) is 8.07. The Morgan fingerprint density at radius 3 is 3.00 bits per heavy atom. The Bertz CT molecular complexity index is 419. The van der Waals surface area contributed by atoms with E-state index in [4.69, 9.17) is 8.94 Å². The lowest BCUT2D eigenvalue weighted by atomic mass is 10.3. The molecule has 14 heavy (non-hydrogen) atoms. The first kappa shape index (κ1) is 8.96. The smallest absolute Gasteiger partial charge is 0.241 e. The highest BCUT2D eigenvalue weighted by Crippen LogP contribution is 2.20. The Morgan fingerprint density at radius 1 is 1.50 bits per heavy atom. The van der Waals surface area contributed by atoms with Gasteiger partial charge in [-0.05, 0) is 25.6 Å². The van der Waals surface area contributed by atoms with Gasteiger partial charge in [0.25, 0.3) is 0 Å². The van der Waals surface area contributed by atoms with Crippen LogP contribution in [0.5, 0.6) is 0 Å². The minimum Gasteiger partial charge on any atom is -0.461 e. The van der Waals surface area contributed by atoms with Gasteiger partial charge < -0.3 is 14.3 Å². The van der Waals surface area contributed by atoms with Gasteiger partial charge in [-0.1, -0.05) is 5.16 Å². The van der Waals surface area contributed by atoms with E-state index in [1.807, 2.05) is 20.0 Å². The van der Waals surface area contributed by atoms with E-state index in [-0.39, 0.29) is 0 Å². The Labute approximate surface area is 81.1 Å². The molecule has 2 aromatic heterocycles. The lowest BCUT2D eigenvalue weighted by molar-refractivity contribution is 0.371. The third kappa shape index (κ3) is 1.54. The maximum absolute atomic E-state index is 5.24. The molecule has 0 aromatic carbocycles. The van der Waals surface area contributed by atoms with Gasteiger partial charge in [0.1, 0.15) is 0 Å². The summed E-state index contributed by atoms with van der Waals surface area (Å²) in [5.74, 6) is 1.71. The SMILES string of the molecule is CNCc1nc(-c2occc2C)no1. The number of aryl methyl sites for hydroxylation is 1. The molecule has 5 nitrogen and oxygen atoms in total. The molecule has 0 radical (unpaired) electrons. The zero-order chi connectivity index (χ0) is 9.97. The molecule has 74 valence electrons. The summed E-state index contributed by atoms with van der Waals surface area (Å²) in [5.41, 5.74) is 1.00. The van der Waals surface area contributed by atoms with E-state index in [1.165, 1.54) is 0 Å². The topological polar surface area (TPSA) is 64.1 Å². The molecule has 0 atom stereocenters. The van der Waals surface area contributed by atoms with Crippen molar-refractivity contribution in [1.82, 2.24) is 15.5 Å². The normalized spacial score (nSPS) is 10.7. The van der Waals surface area contributed by atoms with Crippen molar-refractivity contribution >= 4 is 0 Å². The first-order valence-corrected chi connectivity index (χ1v) is 4.33. The van der Waals surface area contributed by atoms with E-state index in [0.29, 0.717) is 24.0 Å². The summed E-state index contributed by atoms with van der Waals surface area (Å²) in [4.78, 5) is 4.17. The molecule has 0 aliphatic carbocycles. The standard InChI is InChI=1S/C9H11N3O2/c1-6-3-4-13-8(6)9-11-7(5-10-2)14-12-9/h3-4,10H,5H2,1-2H3. The van der Waals surface area contributed by atoms with Crippen molar-refractivity contribution in [3.05, 3.63) is 23.8 Å². The van der Waals surface area contributed by atoms with E-state index in [9.17, 15) is 0 Å². The van der Waals surface area contributed by atoms with Crippen LogP contribution in [0.4, 0.5) is 0 Å². The first-order valence-electron chi connectivity index (χ1n) is 4.33. The summed E-state index contributed by atoms with van der Waals surface area (Å²) >= 11 is 0. The van der Waals surface area contributed by atoms with Gasteiger partial charge in [0, 0.05) is 0 Å². The average molecular weight is 193 g/mol. The largest absolute Gasteiger partial charge is 0.461 e. The fourth-order valence-corrected chi connectivity index (χ4v) is 1.17. The quantitative estimate of drug-likeness (QED) is 0.797. The molecule has 0 bridgehead atoms. The first-order chi connectivity index (χ1) is 6.81. The number of hydrogen-bond acceptors (Lipinski definition) is 5. The van der Waals surface area contributed by atoms with Crippen molar-refractivity contribution in [1.29, 1.82) is 0 Å². The predicted molar refractivity (Wildman–Crippen MR) is 49.5 cm³/mol. The summed E-state index contributed by atoms with van der Waals surface area (Å²) in [6.07, 6.45) is 1.61. The second-order valence-corrected chi connectivity index (χ2v) is 2.97. The van der Waals surface area contributed by atoms with Crippen LogP contribution in [-0.2, 0) is 6.54 Å². The molecular weight excluding hydrogens is 182 g/mol. The number of nitrogens with zero attached hydrogens (tertiary/aromatic N) is 2. The van der Waals surface area contributed by atoms with Gasteiger partial charge in [-0.3, -0.25) is 0 Å². The fraction of sp³-hybridized carbons (Fsp3) is 0.333. The van der Waals surface area contributed by atoms with E-state index in [0.717, 1.165) is 5.56 Å². The summed E-state index contributed by atoms with van der Waals surface area (Å²) < 4.78 is 10.2. The Balaban J connectivity index is 2.29. The van der Waals surface area contributed by atoms with Crippen LogP contribution in [0.3, 0.4) is 0 Å². The van der Waals surface area contributed by atoms with Crippen LogP contribution >= 0.6 is 0 Å². The molecule has 0 saturated heterocycles. The van der Waals surface area contributed by atoms with E-state index in [1.54, 1.807) is 6.26 Å². The molecule has 2 aromatic rings. The van der Waals surface area contributed by atoms with Crippen LogP contribution in [0.2, 0.25) is 0 Å². The third-order valence-electron chi connectivity index (χ3n) is 1.86. The van der Waals surface area contributed by atoms with Crippen molar-refractivity contribution in [3.8, 4) is 11.6 Å². The Morgan fingerprint density at radius 2 is 2.36 bits per heavy atom. The lowest BCUT2D eigenvalue weighted by Crippen LogP contribution is -2.04.